The van der Waals surface area contributed by atoms with Gasteiger partial charge in [0, 0.05) is 24.4 Å². The maximum Gasteiger partial charge on any atom is 0.182 e. The Hall–Kier alpha value is -1.95. The minimum atomic E-state index is -0.269. The van der Waals surface area contributed by atoms with E-state index >= 15 is 0 Å². The van der Waals surface area contributed by atoms with E-state index in [2.05, 4.69) is 97.4 Å². The Morgan fingerprint density at radius 2 is 1.52 bits per heavy atom. The monoisotopic (exact) mass is 380 g/mol. The first kappa shape index (κ1) is 18.4. The van der Waals surface area contributed by atoms with Crippen LogP contribution in [0.2, 0.25) is 0 Å². The summed E-state index contributed by atoms with van der Waals surface area (Å²) in [6.45, 7) is 6.58. The number of aryl methyl sites for hydroxylation is 2. The summed E-state index contributed by atoms with van der Waals surface area (Å²) >= 11 is 5.40. The summed E-state index contributed by atoms with van der Waals surface area (Å²) in [7, 11) is 2.25. The van der Waals surface area contributed by atoms with Crippen LogP contribution in [0.25, 0.3) is 0 Å². The number of hydrogen-bond donors (Lipinski definition) is 3. The molecule has 2 aromatic carbocycles. The molecular weight excluding hydrogens is 352 g/mol. The van der Waals surface area contributed by atoms with Crippen LogP contribution in [0.3, 0.4) is 0 Å². The third-order valence-corrected chi connectivity index (χ3v) is 6.52. The van der Waals surface area contributed by atoms with Crippen LogP contribution in [0.1, 0.15) is 47.7 Å². The zero-order valence-corrected chi connectivity index (χ0v) is 17.2. The first-order valence-electron chi connectivity index (χ1n) is 9.60. The lowest BCUT2D eigenvalue weighted by atomic mass is 9.74. The summed E-state index contributed by atoms with van der Waals surface area (Å²) in [5, 5.41) is 4.22. The van der Waals surface area contributed by atoms with Crippen molar-refractivity contribution in [3.8, 4) is 0 Å². The highest BCUT2D eigenvalue weighted by molar-refractivity contribution is 7.80. The average Bonchev–Trinajstić information content (AvgIpc) is 3.03. The zero-order valence-electron chi connectivity index (χ0n) is 16.4. The summed E-state index contributed by atoms with van der Waals surface area (Å²) in [4.78, 5) is 2.52. The predicted molar refractivity (Wildman–Crippen MR) is 114 cm³/mol. The van der Waals surface area contributed by atoms with Crippen molar-refractivity contribution in [3.05, 3.63) is 70.8 Å². The lowest BCUT2D eigenvalue weighted by Gasteiger charge is -2.52. The molecule has 4 atom stereocenters. The van der Waals surface area contributed by atoms with Gasteiger partial charge < -0.3 is 5.32 Å². The lowest BCUT2D eigenvalue weighted by Crippen LogP contribution is -2.63. The number of piperidine rings is 1. The molecule has 2 fully saturated rings. The van der Waals surface area contributed by atoms with Gasteiger partial charge in [0.15, 0.2) is 5.11 Å². The molecule has 2 aliphatic heterocycles. The van der Waals surface area contributed by atoms with Gasteiger partial charge in [-0.1, -0.05) is 66.6 Å². The fourth-order valence-electron chi connectivity index (χ4n) is 4.64. The van der Waals surface area contributed by atoms with Crippen LogP contribution >= 0.6 is 12.2 Å². The van der Waals surface area contributed by atoms with Crippen molar-refractivity contribution in [3.63, 3.8) is 0 Å². The van der Waals surface area contributed by atoms with Crippen LogP contribution in [0.4, 0.5) is 0 Å². The third kappa shape index (κ3) is 3.24. The Morgan fingerprint density at radius 3 is 2.04 bits per heavy atom. The standard InChI is InChI=1S/C22H28N4S/c1-14-5-9-17(10-6-14)19-13-22(23-21(27)24-25-22)16(3)20(26(19)4)18-11-7-15(2)8-12-18/h5-12,16,19-20,25H,13H2,1-4H3,(H2,23,24,27). The molecule has 142 valence electrons. The van der Waals surface area contributed by atoms with Gasteiger partial charge in [0.1, 0.15) is 5.66 Å². The van der Waals surface area contributed by atoms with Crippen molar-refractivity contribution < 1.29 is 0 Å². The van der Waals surface area contributed by atoms with Crippen LogP contribution in [-0.2, 0) is 0 Å². The van der Waals surface area contributed by atoms with Crippen LogP contribution in [0.15, 0.2) is 48.5 Å². The fourth-order valence-corrected chi connectivity index (χ4v) is 4.88. The van der Waals surface area contributed by atoms with Crippen molar-refractivity contribution in [2.75, 3.05) is 7.05 Å². The van der Waals surface area contributed by atoms with Crippen molar-refractivity contribution in [1.82, 2.24) is 21.1 Å². The first-order chi connectivity index (χ1) is 12.9. The van der Waals surface area contributed by atoms with E-state index in [1.807, 2.05) is 0 Å². The van der Waals surface area contributed by atoms with E-state index in [1.165, 1.54) is 22.3 Å². The quantitative estimate of drug-likeness (QED) is 0.693. The molecule has 0 amide bonds. The van der Waals surface area contributed by atoms with Crippen LogP contribution in [0, 0.1) is 19.8 Å². The molecule has 2 aromatic rings. The second kappa shape index (κ2) is 6.89. The average molecular weight is 381 g/mol. The number of thiocarbonyl (C=S) groups is 1. The highest BCUT2D eigenvalue weighted by Crippen LogP contribution is 2.48. The molecule has 0 saturated carbocycles. The zero-order chi connectivity index (χ0) is 19.2. The predicted octanol–water partition coefficient (Wildman–Crippen LogP) is 3.74. The molecule has 0 aromatic heterocycles. The molecule has 3 N–H and O–H groups in total. The summed E-state index contributed by atoms with van der Waals surface area (Å²) < 4.78 is 0. The third-order valence-electron chi connectivity index (χ3n) is 6.31. The van der Waals surface area contributed by atoms with Gasteiger partial charge in [-0.2, -0.15) is 0 Å². The molecule has 4 unspecified atom stereocenters. The van der Waals surface area contributed by atoms with Crippen molar-refractivity contribution in [2.24, 2.45) is 5.92 Å². The van der Waals surface area contributed by atoms with Gasteiger partial charge in [-0.15, -0.1) is 0 Å². The maximum absolute atomic E-state index is 5.40. The number of benzene rings is 2. The molecule has 4 nitrogen and oxygen atoms in total. The van der Waals surface area contributed by atoms with Crippen LogP contribution in [-0.4, -0.2) is 22.7 Å². The van der Waals surface area contributed by atoms with Crippen molar-refractivity contribution in [1.29, 1.82) is 0 Å². The minimum absolute atomic E-state index is 0.269. The molecule has 5 heteroatoms. The Balaban J connectivity index is 1.77. The molecule has 2 heterocycles. The molecule has 0 bridgehead atoms. The highest BCUT2D eigenvalue weighted by Gasteiger charge is 2.52. The molecule has 4 rings (SSSR count). The second-order valence-electron chi connectivity index (χ2n) is 8.12. The molecule has 1 spiro atoms. The summed E-state index contributed by atoms with van der Waals surface area (Å²) in [5.41, 5.74) is 11.6. The topological polar surface area (TPSA) is 39.3 Å². The van der Waals surface area contributed by atoms with Crippen molar-refractivity contribution in [2.45, 2.75) is 44.9 Å². The van der Waals surface area contributed by atoms with Gasteiger partial charge in [-0.25, -0.2) is 5.43 Å². The van der Waals surface area contributed by atoms with E-state index in [0.717, 1.165) is 6.42 Å². The molecule has 0 radical (unpaired) electrons. The number of hydrazine groups is 1. The van der Waals surface area contributed by atoms with E-state index in [1.54, 1.807) is 0 Å². The van der Waals surface area contributed by atoms with E-state index in [4.69, 9.17) is 12.2 Å². The second-order valence-corrected chi connectivity index (χ2v) is 8.52. The van der Waals surface area contributed by atoms with E-state index in [9.17, 15) is 0 Å². The normalized spacial score (nSPS) is 31.0. The number of nitrogens with one attached hydrogen (secondary N) is 3. The molecular formula is C22H28N4S. The largest absolute Gasteiger partial charge is 0.342 e. The maximum atomic E-state index is 5.40. The van der Waals surface area contributed by atoms with Gasteiger partial charge in [0.05, 0.1) is 0 Å². The van der Waals surface area contributed by atoms with Gasteiger partial charge in [0.25, 0.3) is 0 Å². The Bertz CT molecular complexity index is 832. The highest BCUT2D eigenvalue weighted by atomic mass is 32.1. The Morgan fingerprint density at radius 1 is 0.963 bits per heavy atom. The van der Waals surface area contributed by atoms with Crippen LogP contribution in [0.5, 0.6) is 0 Å². The smallest absolute Gasteiger partial charge is 0.182 e. The van der Waals surface area contributed by atoms with Crippen LogP contribution < -0.4 is 16.2 Å². The summed E-state index contributed by atoms with van der Waals surface area (Å²) in [6.07, 6.45) is 0.934. The summed E-state index contributed by atoms with van der Waals surface area (Å²) in [6, 6.07) is 18.4. The minimum Gasteiger partial charge on any atom is -0.342 e. The van der Waals surface area contributed by atoms with E-state index in [-0.39, 0.29) is 17.7 Å². The molecule has 0 aliphatic carbocycles. The number of hydrogen-bond acceptors (Lipinski definition) is 3. The fraction of sp³-hybridized carbons (Fsp3) is 0.409. The molecule has 2 aliphatic rings. The van der Waals surface area contributed by atoms with E-state index in [0.29, 0.717) is 11.0 Å². The Kier molecular flexibility index (Phi) is 4.70. The lowest BCUT2D eigenvalue weighted by molar-refractivity contribution is -0.0115. The first-order valence-corrected chi connectivity index (χ1v) is 10.0. The Labute approximate surface area is 167 Å². The van der Waals surface area contributed by atoms with Crippen molar-refractivity contribution >= 4 is 17.3 Å². The van der Waals surface area contributed by atoms with Gasteiger partial charge in [-0.05, 0) is 44.2 Å². The SMILES string of the molecule is Cc1ccc(C2CC3(NNC(=S)N3)C(C)C(c3ccc(C)cc3)N2C)cc1. The number of likely N-dealkylation sites (tertiary alicyclic amines) is 1. The molecule has 27 heavy (non-hydrogen) atoms. The molecule has 2 saturated heterocycles. The number of nitrogens with zero attached hydrogens (tertiary/aromatic N) is 1. The number of rotatable bonds is 2. The van der Waals surface area contributed by atoms with E-state index < -0.39 is 0 Å². The van der Waals surface area contributed by atoms with Gasteiger partial charge in [0.2, 0.25) is 0 Å². The van der Waals surface area contributed by atoms with Gasteiger partial charge in [-0.3, -0.25) is 10.3 Å². The van der Waals surface area contributed by atoms with Gasteiger partial charge >= 0.3 is 0 Å². The summed E-state index contributed by atoms with van der Waals surface area (Å²) in [5.74, 6) is 0.319.